The van der Waals surface area contributed by atoms with E-state index in [1.54, 1.807) is 18.3 Å². The Morgan fingerprint density at radius 1 is 1.32 bits per heavy atom. The van der Waals surface area contributed by atoms with Gasteiger partial charge in [-0.15, -0.1) is 0 Å². The second-order valence-corrected chi connectivity index (χ2v) is 6.44. The van der Waals surface area contributed by atoms with E-state index in [1.165, 1.54) is 6.92 Å². The number of anilines is 3. The lowest BCUT2D eigenvalue weighted by Crippen LogP contribution is -2.16. The summed E-state index contributed by atoms with van der Waals surface area (Å²) in [5.41, 5.74) is 4.38. The van der Waals surface area contributed by atoms with Gasteiger partial charge in [-0.3, -0.25) is 9.59 Å². The number of carbonyl (C=O) groups is 1. The molecule has 6 nitrogen and oxygen atoms in total. The van der Waals surface area contributed by atoms with E-state index in [4.69, 9.17) is 0 Å². The minimum Gasteiger partial charge on any atom is -0.354 e. The molecule has 28 heavy (non-hydrogen) atoms. The minimum atomic E-state index is -0.189. The van der Waals surface area contributed by atoms with Crippen LogP contribution in [0.4, 0.5) is 17.2 Å². The highest BCUT2D eigenvalue weighted by Crippen LogP contribution is 2.24. The number of H-pyrrole nitrogens is 1. The standard InChI is InChI=1S/C22H26N4O2/c1-6-8-16(11-14(3)4)18-13-20(19(7-2)26-22(18)28)25-17-9-10-23-21(12-17)24-15(5)27/h6,8-13H,3,7H2,1-2,4-5H3,(H,26,28)(H2,23,24,25,27)/b8-6-,16-11+. The van der Waals surface area contributed by atoms with Gasteiger partial charge in [-0.1, -0.05) is 37.3 Å². The van der Waals surface area contributed by atoms with Gasteiger partial charge in [0.25, 0.3) is 5.56 Å². The number of hydrogen-bond acceptors (Lipinski definition) is 4. The van der Waals surface area contributed by atoms with Gasteiger partial charge in [0.05, 0.1) is 5.69 Å². The van der Waals surface area contributed by atoms with Gasteiger partial charge in [0.1, 0.15) is 5.82 Å². The van der Waals surface area contributed by atoms with E-state index in [0.717, 1.165) is 28.2 Å². The van der Waals surface area contributed by atoms with Crippen LogP contribution in [0.2, 0.25) is 0 Å². The Balaban J connectivity index is 2.51. The molecule has 0 aliphatic rings. The number of aryl methyl sites for hydroxylation is 1. The van der Waals surface area contributed by atoms with Gasteiger partial charge in [0.15, 0.2) is 0 Å². The Labute approximate surface area is 165 Å². The van der Waals surface area contributed by atoms with Crippen LogP contribution in [0, 0.1) is 0 Å². The molecule has 0 bridgehead atoms. The molecular formula is C22H26N4O2. The molecule has 146 valence electrons. The summed E-state index contributed by atoms with van der Waals surface area (Å²) in [7, 11) is 0. The zero-order chi connectivity index (χ0) is 20.7. The number of rotatable bonds is 7. The van der Waals surface area contributed by atoms with Gasteiger partial charge >= 0.3 is 0 Å². The predicted molar refractivity (Wildman–Crippen MR) is 116 cm³/mol. The molecule has 0 spiro atoms. The van der Waals surface area contributed by atoms with E-state index < -0.39 is 0 Å². The summed E-state index contributed by atoms with van der Waals surface area (Å²) >= 11 is 0. The van der Waals surface area contributed by atoms with Gasteiger partial charge in [0.2, 0.25) is 5.91 Å². The van der Waals surface area contributed by atoms with Crippen molar-refractivity contribution in [3.63, 3.8) is 0 Å². The van der Waals surface area contributed by atoms with Crippen LogP contribution < -0.4 is 16.2 Å². The fourth-order valence-electron chi connectivity index (χ4n) is 2.75. The Bertz CT molecular complexity index is 1000. The van der Waals surface area contributed by atoms with Crippen LogP contribution in [0.3, 0.4) is 0 Å². The van der Waals surface area contributed by atoms with Gasteiger partial charge in [0, 0.05) is 36.1 Å². The van der Waals surface area contributed by atoms with Crippen LogP contribution in [0.5, 0.6) is 0 Å². The van der Waals surface area contributed by atoms with Crippen molar-refractivity contribution in [2.45, 2.75) is 34.1 Å². The molecule has 1 amide bonds. The number of hydrogen-bond donors (Lipinski definition) is 3. The Kier molecular flexibility index (Phi) is 7.09. The van der Waals surface area contributed by atoms with Crippen LogP contribution in [0.1, 0.15) is 39.0 Å². The first kappa shape index (κ1) is 20.9. The van der Waals surface area contributed by atoms with E-state index >= 15 is 0 Å². The zero-order valence-corrected chi connectivity index (χ0v) is 16.7. The topological polar surface area (TPSA) is 86.9 Å². The maximum absolute atomic E-state index is 12.6. The third-order valence-corrected chi connectivity index (χ3v) is 3.88. The summed E-state index contributed by atoms with van der Waals surface area (Å²) in [6, 6.07) is 5.37. The van der Waals surface area contributed by atoms with Crippen molar-refractivity contribution in [1.82, 2.24) is 9.97 Å². The first-order valence-electron chi connectivity index (χ1n) is 9.11. The van der Waals surface area contributed by atoms with Gasteiger partial charge in [-0.25, -0.2) is 4.98 Å². The van der Waals surface area contributed by atoms with Crippen molar-refractivity contribution >= 4 is 28.7 Å². The quantitative estimate of drug-likeness (QED) is 0.616. The molecule has 2 rings (SSSR count). The molecule has 0 saturated carbocycles. The van der Waals surface area contributed by atoms with Crippen LogP contribution in [-0.4, -0.2) is 15.9 Å². The van der Waals surface area contributed by atoms with E-state index in [9.17, 15) is 9.59 Å². The highest BCUT2D eigenvalue weighted by Gasteiger charge is 2.11. The molecule has 0 aliphatic heterocycles. The second-order valence-electron chi connectivity index (χ2n) is 6.44. The van der Waals surface area contributed by atoms with Crippen molar-refractivity contribution < 1.29 is 4.79 Å². The molecule has 2 heterocycles. The maximum Gasteiger partial charge on any atom is 0.256 e. The predicted octanol–water partition coefficient (Wildman–Crippen LogP) is 4.57. The van der Waals surface area contributed by atoms with Crippen molar-refractivity contribution in [3.8, 4) is 0 Å². The largest absolute Gasteiger partial charge is 0.354 e. The smallest absolute Gasteiger partial charge is 0.256 e. The fourth-order valence-corrected chi connectivity index (χ4v) is 2.75. The molecule has 0 radical (unpaired) electrons. The number of pyridine rings is 2. The summed E-state index contributed by atoms with van der Waals surface area (Å²) in [6.45, 7) is 11.1. The van der Waals surface area contributed by atoms with E-state index in [1.807, 2.05) is 45.1 Å². The SMILES string of the molecule is C=C(C)/C=C(\C=C/C)c1cc(Nc2ccnc(NC(C)=O)c2)c(CC)[nH]c1=O. The summed E-state index contributed by atoms with van der Waals surface area (Å²) < 4.78 is 0. The van der Waals surface area contributed by atoms with Gasteiger partial charge in [-0.2, -0.15) is 0 Å². The fraction of sp³-hybridized carbons (Fsp3) is 0.227. The second kappa shape index (κ2) is 9.50. The molecule has 6 heteroatoms. The van der Waals surface area contributed by atoms with E-state index in [2.05, 4.69) is 27.2 Å². The number of carbonyl (C=O) groups excluding carboxylic acids is 1. The lowest BCUT2D eigenvalue weighted by Gasteiger charge is -2.14. The summed E-state index contributed by atoms with van der Waals surface area (Å²) in [5.74, 6) is 0.267. The number of nitrogens with one attached hydrogen (secondary N) is 3. The van der Waals surface area contributed by atoms with Crippen LogP contribution in [0.25, 0.3) is 5.57 Å². The average molecular weight is 378 g/mol. The van der Waals surface area contributed by atoms with Gasteiger partial charge < -0.3 is 15.6 Å². The molecule has 3 N–H and O–H groups in total. The van der Waals surface area contributed by atoms with E-state index in [-0.39, 0.29) is 11.5 Å². The first-order valence-corrected chi connectivity index (χ1v) is 9.11. The molecule has 0 unspecified atom stereocenters. The molecule has 0 atom stereocenters. The molecule has 2 aromatic heterocycles. The lowest BCUT2D eigenvalue weighted by atomic mass is 10.0. The van der Waals surface area contributed by atoms with Crippen molar-refractivity contribution in [2.75, 3.05) is 10.6 Å². The third kappa shape index (κ3) is 5.54. The monoisotopic (exact) mass is 378 g/mol. The van der Waals surface area contributed by atoms with Gasteiger partial charge in [-0.05, 0) is 38.0 Å². The Hall–Kier alpha value is -3.41. The maximum atomic E-state index is 12.6. The van der Waals surface area contributed by atoms with Crippen molar-refractivity contribution in [3.05, 3.63) is 76.4 Å². The lowest BCUT2D eigenvalue weighted by molar-refractivity contribution is -0.114. The third-order valence-electron chi connectivity index (χ3n) is 3.88. The summed E-state index contributed by atoms with van der Waals surface area (Å²) in [6.07, 6.45) is 7.91. The molecule has 0 aliphatic carbocycles. The Morgan fingerprint density at radius 2 is 2.07 bits per heavy atom. The summed E-state index contributed by atoms with van der Waals surface area (Å²) in [5, 5.41) is 5.98. The average Bonchev–Trinajstić information content (AvgIpc) is 2.62. The zero-order valence-electron chi connectivity index (χ0n) is 16.7. The number of nitrogens with zero attached hydrogens (tertiary/aromatic N) is 1. The van der Waals surface area contributed by atoms with E-state index in [0.29, 0.717) is 17.8 Å². The molecular weight excluding hydrogens is 352 g/mol. The molecule has 0 aromatic carbocycles. The normalized spacial score (nSPS) is 11.5. The number of amides is 1. The number of allylic oxidation sites excluding steroid dienone is 5. The highest BCUT2D eigenvalue weighted by atomic mass is 16.1. The highest BCUT2D eigenvalue weighted by molar-refractivity contribution is 5.88. The first-order chi connectivity index (χ1) is 13.3. The van der Waals surface area contributed by atoms with Crippen LogP contribution in [-0.2, 0) is 11.2 Å². The van der Waals surface area contributed by atoms with Crippen molar-refractivity contribution in [1.29, 1.82) is 0 Å². The summed E-state index contributed by atoms with van der Waals surface area (Å²) in [4.78, 5) is 31.0. The molecule has 2 aromatic rings. The van der Waals surface area contributed by atoms with Crippen molar-refractivity contribution in [2.24, 2.45) is 0 Å². The van der Waals surface area contributed by atoms with Crippen LogP contribution in [0.15, 0.2) is 59.6 Å². The number of aromatic amines is 1. The minimum absolute atomic E-state index is 0.151. The Morgan fingerprint density at radius 3 is 2.68 bits per heavy atom. The number of aromatic nitrogens is 2. The molecule has 0 fully saturated rings. The van der Waals surface area contributed by atoms with Crippen LogP contribution >= 0.6 is 0 Å². The molecule has 0 saturated heterocycles.